The Kier molecular flexibility index (Phi) is 5.55. The largest absolute Gasteiger partial charge is 0.496 e. The second kappa shape index (κ2) is 8.09. The van der Waals surface area contributed by atoms with Crippen LogP contribution in [0.3, 0.4) is 0 Å². The maximum Gasteiger partial charge on any atom is 0.263 e. The highest BCUT2D eigenvalue weighted by Crippen LogP contribution is 2.34. The number of hydrogen-bond donors (Lipinski definition) is 0. The molecule has 5 nitrogen and oxygen atoms in total. The summed E-state index contributed by atoms with van der Waals surface area (Å²) in [5, 5.41) is 1.41. The Labute approximate surface area is 171 Å². The lowest BCUT2D eigenvalue weighted by molar-refractivity contribution is 0.101. The van der Waals surface area contributed by atoms with Crippen molar-refractivity contribution in [2.24, 2.45) is 0 Å². The lowest BCUT2D eigenvalue weighted by Gasteiger charge is -2.12. The van der Waals surface area contributed by atoms with Crippen molar-refractivity contribution in [1.82, 2.24) is 9.55 Å². The zero-order valence-electron chi connectivity index (χ0n) is 16.0. The molecule has 0 bridgehead atoms. The van der Waals surface area contributed by atoms with Crippen molar-refractivity contribution in [3.8, 4) is 5.75 Å². The van der Waals surface area contributed by atoms with Crippen LogP contribution in [0.4, 0.5) is 0 Å². The van der Waals surface area contributed by atoms with Crippen LogP contribution >= 0.6 is 23.1 Å². The number of nitrogens with zero attached hydrogens (tertiary/aromatic N) is 2. The van der Waals surface area contributed by atoms with E-state index in [4.69, 9.17) is 9.72 Å². The van der Waals surface area contributed by atoms with Gasteiger partial charge in [0.1, 0.15) is 10.6 Å². The third-order valence-corrected chi connectivity index (χ3v) is 7.26. The standard InChI is InChI=1S/C21H22N2O3S2/c1-3-23-20(25)18-14-9-5-7-11-17(14)28-19(18)22-21(23)27-12-15(24)13-8-4-6-10-16(13)26-2/h4,6,8,10H,3,5,7,9,11-12H2,1-2H3. The quantitative estimate of drug-likeness (QED) is 0.341. The van der Waals surface area contributed by atoms with Gasteiger partial charge in [0.15, 0.2) is 10.9 Å². The summed E-state index contributed by atoms with van der Waals surface area (Å²) in [6.45, 7) is 2.48. The molecule has 0 unspecified atom stereocenters. The molecule has 0 amide bonds. The van der Waals surface area contributed by atoms with Crippen LogP contribution in [-0.2, 0) is 19.4 Å². The number of ketones is 1. The summed E-state index contributed by atoms with van der Waals surface area (Å²) in [5.41, 5.74) is 1.78. The Morgan fingerprint density at radius 3 is 2.86 bits per heavy atom. The molecule has 0 aliphatic heterocycles. The van der Waals surface area contributed by atoms with Crippen molar-refractivity contribution < 1.29 is 9.53 Å². The van der Waals surface area contributed by atoms with Gasteiger partial charge in [0.2, 0.25) is 0 Å². The average molecular weight is 415 g/mol. The number of ether oxygens (including phenoxy) is 1. The van der Waals surface area contributed by atoms with E-state index < -0.39 is 0 Å². The number of Topliss-reactive ketones (excluding diaryl/α,β-unsaturated/α-hetero) is 1. The second-order valence-corrected chi connectivity index (χ2v) is 8.77. The van der Waals surface area contributed by atoms with Gasteiger partial charge in [-0.15, -0.1) is 11.3 Å². The summed E-state index contributed by atoms with van der Waals surface area (Å²) in [7, 11) is 1.56. The molecule has 0 radical (unpaired) electrons. The number of para-hydroxylation sites is 1. The molecule has 28 heavy (non-hydrogen) atoms. The summed E-state index contributed by atoms with van der Waals surface area (Å²) < 4.78 is 6.99. The first-order chi connectivity index (χ1) is 13.6. The molecular formula is C21H22N2O3S2. The van der Waals surface area contributed by atoms with Gasteiger partial charge in [-0.25, -0.2) is 4.98 Å². The highest BCUT2D eigenvalue weighted by Gasteiger charge is 2.22. The first-order valence-electron chi connectivity index (χ1n) is 9.48. The minimum absolute atomic E-state index is 0.0270. The number of thiophene rings is 1. The van der Waals surface area contributed by atoms with E-state index in [1.54, 1.807) is 35.1 Å². The van der Waals surface area contributed by atoms with Gasteiger partial charge in [0, 0.05) is 11.4 Å². The van der Waals surface area contributed by atoms with Crippen LogP contribution in [0.1, 0.15) is 40.6 Å². The van der Waals surface area contributed by atoms with Gasteiger partial charge in [-0.2, -0.15) is 0 Å². The van der Waals surface area contributed by atoms with E-state index in [0.717, 1.165) is 29.5 Å². The molecule has 7 heteroatoms. The first-order valence-corrected chi connectivity index (χ1v) is 11.3. The van der Waals surface area contributed by atoms with Gasteiger partial charge in [0.05, 0.1) is 23.8 Å². The van der Waals surface area contributed by atoms with E-state index in [-0.39, 0.29) is 17.1 Å². The van der Waals surface area contributed by atoms with Crippen molar-refractivity contribution in [2.45, 2.75) is 44.3 Å². The predicted molar refractivity (Wildman–Crippen MR) is 114 cm³/mol. The van der Waals surface area contributed by atoms with Gasteiger partial charge in [-0.3, -0.25) is 14.2 Å². The Bertz CT molecular complexity index is 1100. The maximum absolute atomic E-state index is 13.1. The Hall–Kier alpha value is -2.12. The van der Waals surface area contributed by atoms with Crippen LogP contribution < -0.4 is 10.3 Å². The number of thioether (sulfide) groups is 1. The number of carbonyl (C=O) groups excluding carboxylic acids is 1. The van der Waals surface area contributed by atoms with Crippen molar-refractivity contribution in [3.05, 3.63) is 50.6 Å². The van der Waals surface area contributed by atoms with Gasteiger partial charge >= 0.3 is 0 Å². The summed E-state index contributed by atoms with van der Waals surface area (Å²) >= 11 is 2.96. The third kappa shape index (κ3) is 3.37. The van der Waals surface area contributed by atoms with Crippen molar-refractivity contribution >= 4 is 39.1 Å². The molecule has 0 N–H and O–H groups in total. The molecule has 1 aliphatic rings. The molecule has 3 aromatic rings. The highest BCUT2D eigenvalue weighted by atomic mass is 32.2. The summed E-state index contributed by atoms with van der Waals surface area (Å²) in [6.07, 6.45) is 4.32. The molecule has 0 fully saturated rings. The van der Waals surface area contributed by atoms with E-state index >= 15 is 0 Å². The van der Waals surface area contributed by atoms with E-state index in [0.29, 0.717) is 23.0 Å². The Morgan fingerprint density at radius 1 is 1.29 bits per heavy atom. The number of hydrogen-bond acceptors (Lipinski definition) is 6. The van der Waals surface area contributed by atoms with Crippen LogP contribution in [-0.4, -0.2) is 28.2 Å². The van der Waals surface area contributed by atoms with E-state index in [9.17, 15) is 9.59 Å². The smallest absolute Gasteiger partial charge is 0.263 e. The maximum atomic E-state index is 13.1. The fraction of sp³-hybridized carbons (Fsp3) is 0.381. The van der Waals surface area contributed by atoms with Crippen LogP contribution in [0.5, 0.6) is 5.75 Å². The molecule has 2 aromatic heterocycles. The first kappa shape index (κ1) is 19.2. The minimum Gasteiger partial charge on any atom is -0.496 e. The Morgan fingerprint density at radius 2 is 2.07 bits per heavy atom. The molecule has 0 saturated carbocycles. The third-order valence-electron chi connectivity index (χ3n) is 5.10. The lowest BCUT2D eigenvalue weighted by Crippen LogP contribution is -2.23. The molecule has 4 rings (SSSR count). The summed E-state index contributed by atoms with van der Waals surface area (Å²) in [5.74, 6) is 0.740. The van der Waals surface area contributed by atoms with Crippen molar-refractivity contribution in [3.63, 3.8) is 0 Å². The molecule has 0 spiro atoms. The van der Waals surface area contributed by atoms with E-state index in [2.05, 4.69) is 0 Å². The number of aryl methyl sites for hydroxylation is 2. The summed E-state index contributed by atoms with van der Waals surface area (Å²) in [4.78, 5) is 32.7. The lowest BCUT2D eigenvalue weighted by atomic mass is 9.97. The number of rotatable bonds is 6. The number of fused-ring (bicyclic) bond motifs is 3. The zero-order valence-corrected chi connectivity index (χ0v) is 17.6. The van der Waals surface area contributed by atoms with Crippen LogP contribution in [0.25, 0.3) is 10.2 Å². The fourth-order valence-corrected chi connectivity index (χ4v) is 5.94. The van der Waals surface area contributed by atoms with Gasteiger partial charge in [0.25, 0.3) is 5.56 Å². The molecular weight excluding hydrogens is 392 g/mol. The average Bonchev–Trinajstić information content (AvgIpc) is 3.10. The molecule has 146 valence electrons. The van der Waals surface area contributed by atoms with Gasteiger partial charge < -0.3 is 4.74 Å². The number of aromatic nitrogens is 2. The molecule has 1 aliphatic carbocycles. The Balaban J connectivity index is 1.67. The normalized spacial score (nSPS) is 13.5. The molecule has 2 heterocycles. The van der Waals surface area contributed by atoms with Gasteiger partial charge in [-0.05, 0) is 50.3 Å². The monoisotopic (exact) mass is 414 g/mol. The zero-order chi connectivity index (χ0) is 19.7. The second-order valence-electron chi connectivity index (χ2n) is 6.75. The van der Waals surface area contributed by atoms with Crippen molar-refractivity contribution in [2.75, 3.05) is 12.9 Å². The number of methoxy groups -OCH3 is 1. The van der Waals surface area contributed by atoms with E-state index in [1.165, 1.54) is 28.6 Å². The molecule has 1 aromatic carbocycles. The van der Waals surface area contributed by atoms with E-state index in [1.807, 2.05) is 19.1 Å². The summed E-state index contributed by atoms with van der Waals surface area (Å²) in [6, 6.07) is 7.20. The molecule has 0 saturated heterocycles. The van der Waals surface area contributed by atoms with Crippen LogP contribution in [0.2, 0.25) is 0 Å². The minimum atomic E-state index is -0.0371. The SMILES string of the molecule is CCn1c(SCC(=O)c2ccccc2OC)nc2sc3c(c2c1=O)CCCC3. The fourth-order valence-electron chi connectivity index (χ4n) is 3.69. The van der Waals surface area contributed by atoms with Crippen molar-refractivity contribution in [1.29, 1.82) is 0 Å². The predicted octanol–water partition coefficient (Wildman–Crippen LogP) is 4.34. The number of carbonyl (C=O) groups is 1. The topological polar surface area (TPSA) is 61.2 Å². The molecule has 0 atom stereocenters. The highest BCUT2D eigenvalue weighted by molar-refractivity contribution is 7.99. The number of benzene rings is 1. The van der Waals surface area contributed by atoms with Crippen LogP contribution in [0.15, 0.2) is 34.2 Å². The van der Waals surface area contributed by atoms with Gasteiger partial charge in [-0.1, -0.05) is 23.9 Å². The van der Waals surface area contributed by atoms with Crippen LogP contribution in [0, 0.1) is 0 Å².